The summed E-state index contributed by atoms with van der Waals surface area (Å²) in [4.78, 5) is 37.5. The molecule has 2 aromatic carbocycles. The number of hydrogen-bond acceptors (Lipinski definition) is 5. The topological polar surface area (TPSA) is 69.7 Å². The van der Waals surface area contributed by atoms with Crippen LogP contribution in [0.1, 0.15) is 24.0 Å². The van der Waals surface area contributed by atoms with E-state index in [4.69, 9.17) is 21.1 Å². The monoisotopic (exact) mass is 400 g/mol. The smallest absolute Gasteiger partial charge is 0.321 e. The minimum atomic E-state index is -1.34. The highest BCUT2D eigenvalue weighted by Crippen LogP contribution is 2.36. The third-order valence-electron chi connectivity index (χ3n) is 4.34. The van der Waals surface area contributed by atoms with Gasteiger partial charge in [0, 0.05) is 16.5 Å². The molecule has 0 spiro atoms. The highest BCUT2D eigenvalue weighted by molar-refractivity contribution is 6.30. The minimum Gasteiger partial charge on any atom is -0.468 e. The zero-order chi connectivity index (χ0) is 20.7. The van der Waals surface area contributed by atoms with Crippen molar-refractivity contribution in [1.29, 1.82) is 0 Å². The van der Waals surface area contributed by atoms with Crippen LogP contribution in [0.5, 0.6) is 0 Å². The standard InChI is InChI=1S/C22H21ClO5/c1-14(24)18(13-15-7-5-4-6-8-15)19(16-9-11-17(23)12-10-16)20(21(25)27-2)22(26)28-3/h4-13,19-20H,1-3H3/b18-13+. The third kappa shape index (κ3) is 5.08. The summed E-state index contributed by atoms with van der Waals surface area (Å²) in [6.45, 7) is 1.39. The van der Waals surface area contributed by atoms with Crippen LogP contribution in [0, 0.1) is 5.92 Å². The highest BCUT2D eigenvalue weighted by atomic mass is 35.5. The molecule has 0 fully saturated rings. The van der Waals surface area contributed by atoms with Crippen molar-refractivity contribution in [1.82, 2.24) is 0 Å². The lowest BCUT2D eigenvalue weighted by atomic mass is 9.78. The second-order valence-corrected chi connectivity index (χ2v) is 6.56. The van der Waals surface area contributed by atoms with Gasteiger partial charge in [-0.1, -0.05) is 54.1 Å². The Hall–Kier alpha value is -2.92. The van der Waals surface area contributed by atoms with Crippen molar-refractivity contribution in [2.75, 3.05) is 14.2 Å². The van der Waals surface area contributed by atoms with E-state index in [9.17, 15) is 14.4 Å². The summed E-state index contributed by atoms with van der Waals surface area (Å²) in [5.74, 6) is -4.08. The molecule has 0 aromatic heterocycles. The van der Waals surface area contributed by atoms with Crippen LogP contribution < -0.4 is 0 Å². The first-order valence-electron chi connectivity index (χ1n) is 8.57. The van der Waals surface area contributed by atoms with Gasteiger partial charge in [0.2, 0.25) is 0 Å². The van der Waals surface area contributed by atoms with Gasteiger partial charge < -0.3 is 9.47 Å². The van der Waals surface area contributed by atoms with Gasteiger partial charge in [-0.25, -0.2) is 0 Å². The molecular formula is C22H21ClO5. The van der Waals surface area contributed by atoms with Gasteiger partial charge in [0.1, 0.15) is 0 Å². The quantitative estimate of drug-likeness (QED) is 0.398. The number of Topliss-reactive ketones (excluding diaryl/α,β-unsaturated/α-hetero) is 1. The summed E-state index contributed by atoms with van der Waals surface area (Å²) >= 11 is 5.98. The number of hydrogen-bond donors (Lipinski definition) is 0. The first-order valence-corrected chi connectivity index (χ1v) is 8.95. The van der Waals surface area contributed by atoms with Gasteiger partial charge in [0.15, 0.2) is 11.7 Å². The molecule has 1 atom stereocenters. The van der Waals surface area contributed by atoms with E-state index in [1.54, 1.807) is 30.3 Å². The van der Waals surface area contributed by atoms with Gasteiger partial charge in [0.05, 0.1) is 14.2 Å². The van der Waals surface area contributed by atoms with Crippen molar-refractivity contribution >= 4 is 35.4 Å². The number of ether oxygens (including phenoxy) is 2. The van der Waals surface area contributed by atoms with E-state index in [0.29, 0.717) is 10.6 Å². The van der Waals surface area contributed by atoms with Crippen LogP contribution in [0.3, 0.4) is 0 Å². The molecule has 1 unspecified atom stereocenters. The Morgan fingerprint density at radius 3 is 1.89 bits per heavy atom. The highest BCUT2D eigenvalue weighted by Gasteiger charge is 2.41. The number of methoxy groups -OCH3 is 2. The molecule has 0 N–H and O–H groups in total. The van der Waals surface area contributed by atoms with E-state index >= 15 is 0 Å². The van der Waals surface area contributed by atoms with E-state index in [1.807, 2.05) is 30.3 Å². The van der Waals surface area contributed by atoms with E-state index < -0.39 is 23.8 Å². The number of allylic oxidation sites excluding steroid dienone is 1. The Morgan fingerprint density at radius 2 is 1.43 bits per heavy atom. The predicted molar refractivity (Wildman–Crippen MR) is 107 cm³/mol. The van der Waals surface area contributed by atoms with E-state index in [1.165, 1.54) is 21.1 Å². The SMILES string of the molecule is COC(=O)C(C(=O)OC)C(/C(=C/c1ccccc1)C(C)=O)c1ccc(Cl)cc1. The van der Waals surface area contributed by atoms with Crippen LogP contribution in [0.2, 0.25) is 5.02 Å². The van der Waals surface area contributed by atoms with E-state index in [-0.39, 0.29) is 11.4 Å². The molecule has 0 aliphatic rings. The van der Waals surface area contributed by atoms with Crippen LogP contribution in [0.25, 0.3) is 6.08 Å². The van der Waals surface area contributed by atoms with Crippen molar-refractivity contribution in [2.45, 2.75) is 12.8 Å². The van der Waals surface area contributed by atoms with Crippen LogP contribution in [0.4, 0.5) is 0 Å². The number of carbonyl (C=O) groups excluding carboxylic acids is 3. The molecule has 0 radical (unpaired) electrons. The number of esters is 2. The van der Waals surface area contributed by atoms with Crippen molar-refractivity contribution in [3.05, 3.63) is 76.3 Å². The summed E-state index contributed by atoms with van der Waals surface area (Å²) in [5, 5.41) is 0.492. The second-order valence-electron chi connectivity index (χ2n) is 6.12. The average Bonchev–Trinajstić information content (AvgIpc) is 2.71. The molecule has 0 bridgehead atoms. The van der Waals surface area contributed by atoms with Crippen molar-refractivity contribution in [2.24, 2.45) is 5.92 Å². The van der Waals surface area contributed by atoms with Gasteiger partial charge in [-0.05, 0) is 36.3 Å². The summed E-state index contributed by atoms with van der Waals surface area (Å²) < 4.78 is 9.67. The molecular weight excluding hydrogens is 380 g/mol. The lowest BCUT2D eigenvalue weighted by Gasteiger charge is -2.25. The van der Waals surface area contributed by atoms with Gasteiger partial charge >= 0.3 is 11.9 Å². The lowest BCUT2D eigenvalue weighted by Crippen LogP contribution is -2.34. The summed E-state index contributed by atoms with van der Waals surface area (Å²) in [6.07, 6.45) is 1.67. The molecule has 146 valence electrons. The van der Waals surface area contributed by atoms with Gasteiger partial charge in [0.25, 0.3) is 0 Å². The van der Waals surface area contributed by atoms with E-state index in [0.717, 1.165) is 5.56 Å². The molecule has 6 heteroatoms. The molecule has 0 aliphatic carbocycles. The molecule has 0 saturated heterocycles. The Bertz CT molecular complexity index is 856. The third-order valence-corrected chi connectivity index (χ3v) is 4.59. The number of rotatable bonds is 7. The fourth-order valence-electron chi connectivity index (χ4n) is 2.98. The first kappa shape index (κ1) is 21.4. The Morgan fingerprint density at radius 1 is 0.893 bits per heavy atom. The summed E-state index contributed by atoms with van der Waals surface area (Å²) in [6, 6.07) is 15.8. The zero-order valence-corrected chi connectivity index (χ0v) is 16.6. The Kier molecular flexibility index (Phi) is 7.52. The molecule has 0 amide bonds. The van der Waals surface area contributed by atoms with Crippen LogP contribution in [0.15, 0.2) is 60.2 Å². The van der Waals surface area contributed by atoms with Gasteiger partial charge in [-0.3, -0.25) is 14.4 Å². The zero-order valence-electron chi connectivity index (χ0n) is 15.8. The Balaban J connectivity index is 2.72. The minimum absolute atomic E-state index is 0.276. The van der Waals surface area contributed by atoms with Crippen molar-refractivity contribution in [3.8, 4) is 0 Å². The number of carbonyl (C=O) groups is 3. The normalized spacial score (nSPS) is 12.4. The number of ketones is 1. The molecule has 5 nitrogen and oxygen atoms in total. The maximum absolute atomic E-state index is 12.6. The summed E-state index contributed by atoms with van der Waals surface area (Å²) in [7, 11) is 2.37. The maximum Gasteiger partial charge on any atom is 0.321 e. The maximum atomic E-state index is 12.6. The largest absolute Gasteiger partial charge is 0.468 e. The molecule has 2 aromatic rings. The summed E-state index contributed by atoms with van der Waals surface area (Å²) in [5.41, 5.74) is 1.62. The predicted octanol–water partition coefficient (Wildman–Crippen LogP) is 4.06. The van der Waals surface area contributed by atoms with Crippen LogP contribution >= 0.6 is 11.6 Å². The fourth-order valence-corrected chi connectivity index (χ4v) is 3.11. The molecule has 0 aliphatic heterocycles. The fraction of sp³-hybridized carbons (Fsp3) is 0.227. The van der Waals surface area contributed by atoms with E-state index in [2.05, 4.69) is 0 Å². The lowest BCUT2D eigenvalue weighted by molar-refractivity contribution is -0.159. The van der Waals surface area contributed by atoms with Gasteiger partial charge in [-0.2, -0.15) is 0 Å². The molecule has 28 heavy (non-hydrogen) atoms. The van der Waals surface area contributed by atoms with Gasteiger partial charge in [-0.15, -0.1) is 0 Å². The van der Waals surface area contributed by atoms with Crippen molar-refractivity contribution in [3.63, 3.8) is 0 Å². The first-order chi connectivity index (χ1) is 13.4. The average molecular weight is 401 g/mol. The second kappa shape index (κ2) is 9.85. The van der Waals surface area contributed by atoms with Crippen LogP contribution in [-0.4, -0.2) is 31.9 Å². The van der Waals surface area contributed by atoms with Crippen molar-refractivity contribution < 1.29 is 23.9 Å². The Labute approximate surface area is 168 Å². The molecule has 2 rings (SSSR count). The number of benzene rings is 2. The number of halogens is 1. The molecule has 0 heterocycles. The molecule has 0 saturated carbocycles. The van der Waals surface area contributed by atoms with Crippen LogP contribution in [-0.2, 0) is 23.9 Å².